The lowest BCUT2D eigenvalue weighted by atomic mass is 10.1. The van der Waals surface area contributed by atoms with Gasteiger partial charge in [-0.2, -0.15) is 5.10 Å². The van der Waals surface area contributed by atoms with Crippen molar-refractivity contribution in [1.29, 1.82) is 0 Å². The maximum atomic E-state index is 12.6. The van der Waals surface area contributed by atoms with Crippen molar-refractivity contribution in [3.63, 3.8) is 0 Å². The fourth-order valence-corrected chi connectivity index (χ4v) is 4.77. The molecule has 0 atom stereocenters. The highest BCUT2D eigenvalue weighted by Gasteiger charge is 2.13. The van der Waals surface area contributed by atoms with Crippen molar-refractivity contribution >= 4 is 49.6 Å². The lowest BCUT2D eigenvalue weighted by molar-refractivity contribution is 0.0955. The van der Waals surface area contributed by atoms with E-state index in [4.69, 9.17) is 9.47 Å². The van der Waals surface area contributed by atoms with Crippen LogP contribution >= 0.6 is 15.9 Å². The third kappa shape index (κ3) is 5.65. The zero-order valence-electron chi connectivity index (χ0n) is 20.3. The standard InChI is InChI=1S/C31H25BrN2O3/c1-2-36-29-17-21(19-33-34-31(35)25-15-14-22-8-3-4-10-24(22)18-25)16-28(32)30(29)37-20-26-12-7-11-23-9-5-6-13-27(23)26/h3-19H,2,20H2,1H3,(H,34,35). The molecule has 1 amide bonds. The molecule has 0 spiro atoms. The zero-order valence-corrected chi connectivity index (χ0v) is 21.9. The minimum absolute atomic E-state index is 0.277. The van der Waals surface area contributed by atoms with Crippen molar-refractivity contribution in [1.82, 2.24) is 5.43 Å². The summed E-state index contributed by atoms with van der Waals surface area (Å²) in [6.45, 7) is 2.80. The van der Waals surface area contributed by atoms with E-state index in [0.717, 1.165) is 31.8 Å². The van der Waals surface area contributed by atoms with Crippen molar-refractivity contribution in [2.45, 2.75) is 13.5 Å². The number of fused-ring (bicyclic) bond motifs is 2. The van der Waals surface area contributed by atoms with Gasteiger partial charge in [-0.15, -0.1) is 0 Å². The lowest BCUT2D eigenvalue weighted by Crippen LogP contribution is -2.17. The van der Waals surface area contributed by atoms with E-state index in [9.17, 15) is 4.79 Å². The van der Waals surface area contributed by atoms with Crippen LogP contribution in [0.3, 0.4) is 0 Å². The summed E-state index contributed by atoms with van der Waals surface area (Å²) >= 11 is 3.62. The van der Waals surface area contributed by atoms with Gasteiger partial charge in [0, 0.05) is 5.56 Å². The van der Waals surface area contributed by atoms with Gasteiger partial charge in [-0.1, -0.05) is 72.8 Å². The first-order chi connectivity index (χ1) is 18.1. The molecule has 5 nitrogen and oxygen atoms in total. The Kier molecular flexibility index (Phi) is 7.47. The fourth-order valence-electron chi connectivity index (χ4n) is 4.19. The molecule has 0 saturated carbocycles. The minimum Gasteiger partial charge on any atom is -0.490 e. The lowest BCUT2D eigenvalue weighted by Gasteiger charge is -2.15. The summed E-state index contributed by atoms with van der Waals surface area (Å²) in [5.41, 5.74) is 5.00. The van der Waals surface area contributed by atoms with Crippen molar-refractivity contribution in [3.8, 4) is 11.5 Å². The second kappa shape index (κ2) is 11.3. The molecule has 0 saturated heterocycles. The topological polar surface area (TPSA) is 59.9 Å². The quantitative estimate of drug-likeness (QED) is 0.160. The molecule has 0 unspecified atom stereocenters. The number of halogens is 1. The molecule has 184 valence electrons. The molecule has 0 heterocycles. The number of rotatable bonds is 8. The van der Waals surface area contributed by atoms with E-state index in [-0.39, 0.29) is 5.91 Å². The summed E-state index contributed by atoms with van der Waals surface area (Å²) in [6.07, 6.45) is 1.58. The zero-order chi connectivity index (χ0) is 25.6. The highest BCUT2D eigenvalue weighted by molar-refractivity contribution is 9.10. The van der Waals surface area contributed by atoms with Gasteiger partial charge in [0.1, 0.15) is 6.61 Å². The number of carbonyl (C=O) groups is 1. The number of nitrogens with one attached hydrogen (secondary N) is 1. The predicted molar refractivity (Wildman–Crippen MR) is 153 cm³/mol. The molecule has 1 N–H and O–H groups in total. The van der Waals surface area contributed by atoms with E-state index in [1.165, 1.54) is 5.39 Å². The van der Waals surface area contributed by atoms with Crippen LogP contribution in [0.2, 0.25) is 0 Å². The maximum absolute atomic E-state index is 12.6. The highest BCUT2D eigenvalue weighted by atomic mass is 79.9. The number of amides is 1. The first-order valence-electron chi connectivity index (χ1n) is 12.0. The van der Waals surface area contributed by atoms with Gasteiger partial charge in [0.05, 0.1) is 17.3 Å². The highest BCUT2D eigenvalue weighted by Crippen LogP contribution is 2.37. The molecular formula is C31H25BrN2O3. The molecule has 5 rings (SSSR count). The first-order valence-corrected chi connectivity index (χ1v) is 12.8. The van der Waals surface area contributed by atoms with Crippen LogP contribution in [-0.2, 0) is 6.61 Å². The number of ether oxygens (including phenoxy) is 2. The monoisotopic (exact) mass is 552 g/mol. The van der Waals surface area contributed by atoms with Crippen LogP contribution < -0.4 is 14.9 Å². The predicted octanol–water partition coefficient (Wildman–Crippen LogP) is 7.50. The Balaban J connectivity index is 1.31. The van der Waals surface area contributed by atoms with Gasteiger partial charge in [0.25, 0.3) is 5.91 Å². The van der Waals surface area contributed by atoms with Crippen LogP contribution in [0, 0.1) is 0 Å². The van der Waals surface area contributed by atoms with E-state index in [1.54, 1.807) is 12.3 Å². The summed E-state index contributed by atoms with van der Waals surface area (Å²) in [7, 11) is 0. The maximum Gasteiger partial charge on any atom is 0.271 e. The Labute approximate surface area is 223 Å². The van der Waals surface area contributed by atoms with Crippen LogP contribution in [-0.4, -0.2) is 18.7 Å². The van der Waals surface area contributed by atoms with Gasteiger partial charge in [0.2, 0.25) is 0 Å². The number of hydrogen-bond acceptors (Lipinski definition) is 4. The SMILES string of the molecule is CCOc1cc(C=NNC(=O)c2ccc3ccccc3c2)cc(Br)c1OCc1cccc2ccccc12. The average Bonchev–Trinajstić information content (AvgIpc) is 2.92. The number of carbonyl (C=O) groups excluding carboxylic acids is 1. The second-order valence-electron chi connectivity index (χ2n) is 8.45. The summed E-state index contributed by atoms with van der Waals surface area (Å²) in [5, 5.41) is 8.57. The Morgan fingerprint density at radius 1 is 0.865 bits per heavy atom. The largest absolute Gasteiger partial charge is 0.490 e. The van der Waals surface area contributed by atoms with Crippen molar-refractivity contribution in [2.24, 2.45) is 5.10 Å². The van der Waals surface area contributed by atoms with Crippen LogP contribution in [0.1, 0.15) is 28.4 Å². The third-order valence-corrected chi connectivity index (χ3v) is 6.56. The second-order valence-corrected chi connectivity index (χ2v) is 9.31. The minimum atomic E-state index is -0.277. The van der Waals surface area contributed by atoms with Crippen LogP contribution in [0.5, 0.6) is 11.5 Å². The van der Waals surface area contributed by atoms with E-state index in [1.807, 2.05) is 73.7 Å². The average molecular weight is 553 g/mol. The molecule has 6 heteroatoms. The Bertz CT molecular complexity index is 1610. The van der Waals surface area contributed by atoms with Crippen molar-refractivity contribution < 1.29 is 14.3 Å². The number of nitrogens with zero attached hydrogens (tertiary/aromatic N) is 1. The van der Waals surface area contributed by atoms with Gasteiger partial charge in [-0.25, -0.2) is 5.43 Å². The van der Waals surface area contributed by atoms with E-state index in [2.05, 4.69) is 50.7 Å². The van der Waals surface area contributed by atoms with E-state index in [0.29, 0.717) is 30.3 Å². The Morgan fingerprint density at radius 3 is 2.46 bits per heavy atom. The summed E-state index contributed by atoms with van der Waals surface area (Å²) in [5.74, 6) is 0.938. The van der Waals surface area contributed by atoms with Gasteiger partial charge >= 0.3 is 0 Å². The summed E-state index contributed by atoms with van der Waals surface area (Å²) in [4.78, 5) is 12.6. The number of hydrazone groups is 1. The number of benzene rings is 5. The van der Waals surface area contributed by atoms with Gasteiger partial charge in [-0.3, -0.25) is 4.79 Å². The molecule has 0 bridgehead atoms. The van der Waals surface area contributed by atoms with Gasteiger partial charge in [0.15, 0.2) is 11.5 Å². The molecule has 5 aromatic carbocycles. The van der Waals surface area contributed by atoms with Crippen LogP contribution in [0.15, 0.2) is 107 Å². The smallest absolute Gasteiger partial charge is 0.271 e. The molecule has 0 aromatic heterocycles. The van der Waals surface area contributed by atoms with Crippen molar-refractivity contribution in [3.05, 3.63) is 118 Å². The fraction of sp³-hybridized carbons (Fsp3) is 0.0968. The Morgan fingerprint density at radius 2 is 1.62 bits per heavy atom. The summed E-state index contributed by atoms with van der Waals surface area (Å²) in [6, 6.07) is 31.6. The third-order valence-electron chi connectivity index (χ3n) is 5.98. The van der Waals surface area contributed by atoms with Gasteiger partial charge < -0.3 is 9.47 Å². The molecule has 5 aromatic rings. The molecule has 37 heavy (non-hydrogen) atoms. The van der Waals surface area contributed by atoms with Crippen molar-refractivity contribution in [2.75, 3.05) is 6.61 Å². The molecule has 0 aliphatic carbocycles. The van der Waals surface area contributed by atoms with Crippen LogP contribution in [0.25, 0.3) is 21.5 Å². The molecule has 0 radical (unpaired) electrons. The van der Waals surface area contributed by atoms with Crippen LogP contribution in [0.4, 0.5) is 0 Å². The van der Waals surface area contributed by atoms with E-state index < -0.39 is 0 Å². The normalized spacial score (nSPS) is 11.2. The first kappa shape index (κ1) is 24.5. The molecule has 0 aliphatic rings. The van der Waals surface area contributed by atoms with Gasteiger partial charge in [-0.05, 0) is 79.8 Å². The summed E-state index contributed by atoms with van der Waals surface area (Å²) < 4.78 is 12.8. The molecular weight excluding hydrogens is 528 g/mol. The molecule has 0 fully saturated rings. The Hall–Kier alpha value is -4.16. The number of hydrogen-bond donors (Lipinski definition) is 1. The van der Waals surface area contributed by atoms with E-state index >= 15 is 0 Å². The molecule has 0 aliphatic heterocycles.